The van der Waals surface area contributed by atoms with E-state index < -0.39 is 0 Å². The largest absolute Gasteiger partial charge is 0.396 e. The van der Waals surface area contributed by atoms with E-state index in [1.165, 1.54) is 0 Å². The van der Waals surface area contributed by atoms with Crippen LogP contribution in [0.2, 0.25) is 0 Å². The molecule has 0 radical (unpaired) electrons. The Hall–Kier alpha value is 0.270. The Morgan fingerprint density at radius 2 is 2.00 bits per heavy atom. The Kier molecular flexibility index (Phi) is 6.01. The molecular weight excluding hydrogens is 182 g/mol. The standard InChI is InChI=1S/C10H23NOS/c1-9(6-13-5)11(4)7-10(2,3)8-12/h9,12H,6-8H2,1-5H3. The van der Waals surface area contributed by atoms with E-state index in [0.717, 1.165) is 12.3 Å². The van der Waals surface area contributed by atoms with E-state index in [1.54, 1.807) is 0 Å². The van der Waals surface area contributed by atoms with Crippen molar-refractivity contribution < 1.29 is 5.11 Å². The minimum atomic E-state index is 0.0153. The number of rotatable bonds is 6. The van der Waals surface area contributed by atoms with Gasteiger partial charge < -0.3 is 10.0 Å². The average Bonchev–Trinajstić information content (AvgIpc) is 2.04. The smallest absolute Gasteiger partial charge is 0.0494 e. The predicted molar refractivity (Wildman–Crippen MR) is 61.3 cm³/mol. The van der Waals surface area contributed by atoms with Crippen LogP contribution in [0.5, 0.6) is 0 Å². The van der Waals surface area contributed by atoms with E-state index in [4.69, 9.17) is 5.11 Å². The molecule has 80 valence electrons. The maximum Gasteiger partial charge on any atom is 0.0494 e. The number of hydrogen-bond acceptors (Lipinski definition) is 3. The number of aliphatic hydroxyl groups is 1. The fraction of sp³-hybridized carbons (Fsp3) is 1.00. The van der Waals surface area contributed by atoms with Gasteiger partial charge in [-0.1, -0.05) is 13.8 Å². The molecule has 0 aromatic heterocycles. The van der Waals surface area contributed by atoms with Crippen LogP contribution in [0, 0.1) is 5.41 Å². The van der Waals surface area contributed by atoms with Crippen molar-refractivity contribution in [3.63, 3.8) is 0 Å². The topological polar surface area (TPSA) is 23.5 Å². The monoisotopic (exact) mass is 205 g/mol. The van der Waals surface area contributed by atoms with Gasteiger partial charge in [0.05, 0.1) is 0 Å². The summed E-state index contributed by atoms with van der Waals surface area (Å²) in [4.78, 5) is 2.31. The highest BCUT2D eigenvalue weighted by atomic mass is 32.2. The maximum atomic E-state index is 9.12. The lowest BCUT2D eigenvalue weighted by Crippen LogP contribution is -2.40. The third-order valence-corrected chi connectivity index (χ3v) is 3.08. The lowest BCUT2D eigenvalue weighted by molar-refractivity contribution is 0.103. The molecule has 0 aromatic carbocycles. The molecule has 1 atom stereocenters. The lowest BCUT2D eigenvalue weighted by atomic mass is 9.94. The summed E-state index contributed by atoms with van der Waals surface area (Å²) in [6.07, 6.45) is 2.13. The number of nitrogens with zero attached hydrogens (tertiary/aromatic N) is 1. The Morgan fingerprint density at radius 3 is 2.38 bits per heavy atom. The molecule has 13 heavy (non-hydrogen) atoms. The fourth-order valence-corrected chi connectivity index (χ4v) is 1.99. The van der Waals surface area contributed by atoms with Crippen LogP contribution in [-0.2, 0) is 0 Å². The third kappa shape index (κ3) is 5.55. The van der Waals surface area contributed by atoms with E-state index >= 15 is 0 Å². The quantitative estimate of drug-likeness (QED) is 0.714. The fourth-order valence-electron chi connectivity index (χ4n) is 1.25. The lowest BCUT2D eigenvalue weighted by Gasteiger charge is -2.32. The maximum absolute atomic E-state index is 9.12. The molecule has 0 rings (SSSR count). The summed E-state index contributed by atoms with van der Waals surface area (Å²) in [6, 6.07) is 0.584. The minimum absolute atomic E-state index is 0.0153. The Labute approximate surface area is 86.7 Å². The van der Waals surface area contributed by atoms with E-state index in [0.29, 0.717) is 6.04 Å². The second-order valence-electron chi connectivity index (χ2n) is 4.54. The van der Waals surface area contributed by atoms with Crippen LogP contribution in [0.25, 0.3) is 0 Å². The van der Waals surface area contributed by atoms with Gasteiger partial charge in [0.2, 0.25) is 0 Å². The number of aliphatic hydroxyl groups excluding tert-OH is 1. The van der Waals surface area contributed by atoms with Gasteiger partial charge in [-0.3, -0.25) is 0 Å². The molecule has 0 aliphatic carbocycles. The van der Waals surface area contributed by atoms with Gasteiger partial charge in [-0.15, -0.1) is 0 Å². The first-order chi connectivity index (χ1) is 5.93. The van der Waals surface area contributed by atoms with E-state index in [-0.39, 0.29) is 12.0 Å². The minimum Gasteiger partial charge on any atom is -0.396 e. The van der Waals surface area contributed by atoms with Crippen LogP contribution in [0.1, 0.15) is 20.8 Å². The molecule has 0 spiro atoms. The zero-order valence-corrected chi connectivity index (χ0v) is 10.3. The third-order valence-electron chi connectivity index (χ3n) is 2.27. The first-order valence-corrected chi connectivity index (χ1v) is 6.12. The summed E-state index contributed by atoms with van der Waals surface area (Å²) in [7, 11) is 2.12. The van der Waals surface area contributed by atoms with Crippen LogP contribution >= 0.6 is 11.8 Å². The summed E-state index contributed by atoms with van der Waals surface area (Å²) >= 11 is 1.87. The van der Waals surface area contributed by atoms with Crippen molar-refractivity contribution >= 4 is 11.8 Å². The highest BCUT2D eigenvalue weighted by molar-refractivity contribution is 7.98. The summed E-state index contributed by atoms with van der Waals surface area (Å²) in [5, 5.41) is 9.12. The zero-order valence-electron chi connectivity index (χ0n) is 9.50. The Morgan fingerprint density at radius 1 is 1.46 bits per heavy atom. The normalized spacial score (nSPS) is 15.0. The molecular formula is C10H23NOS. The molecule has 0 saturated heterocycles. The second kappa shape index (κ2) is 5.89. The van der Waals surface area contributed by atoms with Gasteiger partial charge >= 0.3 is 0 Å². The molecule has 2 nitrogen and oxygen atoms in total. The molecule has 0 heterocycles. The van der Waals surface area contributed by atoms with Crippen LogP contribution in [0.15, 0.2) is 0 Å². The Bertz CT molecular complexity index is 139. The highest BCUT2D eigenvalue weighted by Gasteiger charge is 2.21. The second-order valence-corrected chi connectivity index (χ2v) is 5.45. The van der Waals surface area contributed by atoms with E-state index in [1.807, 2.05) is 11.8 Å². The molecule has 0 saturated carbocycles. The first-order valence-electron chi connectivity index (χ1n) is 4.73. The van der Waals surface area contributed by atoms with Crippen LogP contribution in [0.4, 0.5) is 0 Å². The van der Waals surface area contributed by atoms with Crippen molar-refractivity contribution in [3.05, 3.63) is 0 Å². The van der Waals surface area contributed by atoms with Crippen LogP contribution in [-0.4, -0.2) is 48.3 Å². The van der Waals surface area contributed by atoms with Gasteiger partial charge in [0, 0.05) is 30.4 Å². The summed E-state index contributed by atoms with van der Waals surface area (Å²) in [5.74, 6) is 1.15. The predicted octanol–water partition coefficient (Wildman–Crippen LogP) is 1.69. The van der Waals surface area contributed by atoms with Crippen molar-refractivity contribution in [1.29, 1.82) is 0 Å². The van der Waals surface area contributed by atoms with Gasteiger partial charge in [-0.25, -0.2) is 0 Å². The van der Waals surface area contributed by atoms with Gasteiger partial charge in [0.25, 0.3) is 0 Å². The van der Waals surface area contributed by atoms with Gasteiger partial charge in [0.15, 0.2) is 0 Å². The molecule has 1 N–H and O–H groups in total. The molecule has 1 unspecified atom stereocenters. The Balaban J connectivity index is 3.91. The van der Waals surface area contributed by atoms with Crippen molar-refractivity contribution in [2.45, 2.75) is 26.8 Å². The molecule has 0 amide bonds. The molecule has 0 bridgehead atoms. The summed E-state index contributed by atoms with van der Waals surface area (Å²) in [5.41, 5.74) is 0.0153. The molecule has 3 heteroatoms. The molecule has 0 aliphatic rings. The summed E-state index contributed by atoms with van der Waals surface area (Å²) in [6.45, 7) is 7.61. The van der Waals surface area contributed by atoms with Crippen molar-refractivity contribution in [1.82, 2.24) is 4.90 Å². The van der Waals surface area contributed by atoms with Crippen LogP contribution < -0.4 is 0 Å². The average molecular weight is 205 g/mol. The highest BCUT2D eigenvalue weighted by Crippen LogP contribution is 2.17. The van der Waals surface area contributed by atoms with Gasteiger partial charge in [0.1, 0.15) is 0 Å². The van der Waals surface area contributed by atoms with Crippen LogP contribution in [0.3, 0.4) is 0 Å². The SMILES string of the molecule is CSCC(C)N(C)CC(C)(C)CO. The van der Waals surface area contributed by atoms with Crippen molar-refractivity contribution in [2.75, 3.05) is 32.2 Å². The van der Waals surface area contributed by atoms with Gasteiger partial charge in [-0.05, 0) is 20.2 Å². The van der Waals surface area contributed by atoms with E-state index in [9.17, 15) is 0 Å². The molecule has 0 aromatic rings. The summed E-state index contributed by atoms with van der Waals surface area (Å²) < 4.78 is 0. The number of thioether (sulfide) groups is 1. The van der Waals surface area contributed by atoms with E-state index in [2.05, 4.69) is 39.0 Å². The zero-order chi connectivity index (χ0) is 10.5. The molecule has 0 aliphatic heterocycles. The first kappa shape index (κ1) is 13.3. The van der Waals surface area contributed by atoms with Crippen molar-refractivity contribution in [2.24, 2.45) is 5.41 Å². The molecule has 0 fully saturated rings. The van der Waals surface area contributed by atoms with Crippen molar-refractivity contribution in [3.8, 4) is 0 Å². The number of hydrogen-bond donors (Lipinski definition) is 1. The van der Waals surface area contributed by atoms with Gasteiger partial charge in [-0.2, -0.15) is 11.8 Å².